The summed E-state index contributed by atoms with van der Waals surface area (Å²) in [5, 5.41) is 3.62. The molecule has 2 amide bonds. The third kappa shape index (κ3) is 3.27. The fourth-order valence-corrected chi connectivity index (χ4v) is 3.42. The highest BCUT2D eigenvalue weighted by molar-refractivity contribution is 7.18. The van der Waals surface area contributed by atoms with Gasteiger partial charge in [0.2, 0.25) is 11.8 Å². The highest BCUT2D eigenvalue weighted by Crippen LogP contribution is 2.37. The first-order valence-electron chi connectivity index (χ1n) is 7.40. The number of para-hydroxylation sites is 1. The van der Waals surface area contributed by atoms with E-state index in [9.17, 15) is 9.59 Å². The Morgan fingerprint density at radius 1 is 1.41 bits per heavy atom. The molecule has 1 N–H and O–H groups in total. The van der Waals surface area contributed by atoms with Gasteiger partial charge in [-0.3, -0.25) is 9.59 Å². The van der Waals surface area contributed by atoms with Gasteiger partial charge < -0.3 is 10.2 Å². The summed E-state index contributed by atoms with van der Waals surface area (Å²) in [6.45, 7) is 2.57. The Morgan fingerprint density at radius 2 is 2.14 bits per heavy atom. The Kier molecular flexibility index (Phi) is 4.11. The van der Waals surface area contributed by atoms with Gasteiger partial charge in [0.15, 0.2) is 0 Å². The second-order valence-electron chi connectivity index (χ2n) is 5.86. The maximum atomic E-state index is 12.1. The molecule has 1 aromatic heterocycles. The van der Waals surface area contributed by atoms with Gasteiger partial charge in [-0.2, -0.15) is 0 Å². The summed E-state index contributed by atoms with van der Waals surface area (Å²) in [7, 11) is 1.74. The summed E-state index contributed by atoms with van der Waals surface area (Å²) in [5.41, 5.74) is 0.958. The van der Waals surface area contributed by atoms with Crippen LogP contribution in [0.15, 0.2) is 24.3 Å². The molecule has 1 saturated carbocycles. The molecule has 0 aliphatic heterocycles. The van der Waals surface area contributed by atoms with Gasteiger partial charge in [0, 0.05) is 13.0 Å². The van der Waals surface area contributed by atoms with Crippen LogP contribution < -0.4 is 5.32 Å². The van der Waals surface area contributed by atoms with E-state index in [0.29, 0.717) is 12.5 Å². The van der Waals surface area contributed by atoms with Gasteiger partial charge in [0.05, 0.1) is 23.3 Å². The number of likely N-dealkylation sites (N-methyl/N-ethyl adjacent to an activating group) is 1. The first-order valence-corrected chi connectivity index (χ1v) is 8.22. The van der Waals surface area contributed by atoms with Crippen molar-refractivity contribution in [2.75, 3.05) is 13.6 Å². The van der Waals surface area contributed by atoms with Crippen molar-refractivity contribution >= 4 is 33.4 Å². The molecule has 0 saturated heterocycles. The number of rotatable bonds is 5. The van der Waals surface area contributed by atoms with Crippen molar-refractivity contribution in [2.45, 2.75) is 19.9 Å². The normalized spacial score (nSPS) is 19.9. The van der Waals surface area contributed by atoms with Crippen molar-refractivity contribution in [1.82, 2.24) is 15.2 Å². The molecule has 6 heteroatoms. The van der Waals surface area contributed by atoms with Crippen LogP contribution in [0.25, 0.3) is 10.2 Å². The van der Waals surface area contributed by atoms with Crippen LogP contribution in [0.4, 0.5) is 0 Å². The predicted octanol–water partition coefficient (Wildman–Crippen LogP) is 2.03. The summed E-state index contributed by atoms with van der Waals surface area (Å²) in [6, 6.07) is 7.92. The second-order valence-corrected chi connectivity index (χ2v) is 6.98. The molecule has 2 aromatic rings. The van der Waals surface area contributed by atoms with Gasteiger partial charge in [-0.25, -0.2) is 4.98 Å². The van der Waals surface area contributed by atoms with Crippen LogP contribution in [0.5, 0.6) is 0 Å². The van der Waals surface area contributed by atoms with Gasteiger partial charge in [0.1, 0.15) is 5.01 Å². The second kappa shape index (κ2) is 6.04. The van der Waals surface area contributed by atoms with Crippen LogP contribution in [-0.4, -0.2) is 35.3 Å². The lowest BCUT2D eigenvalue weighted by molar-refractivity contribution is -0.132. The fourth-order valence-electron chi connectivity index (χ4n) is 2.39. The third-order valence-electron chi connectivity index (χ3n) is 4.00. The van der Waals surface area contributed by atoms with Crippen LogP contribution in [-0.2, 0) is 16.1 Å². The Balaban J connectivity index is 1.53. The molecule has 1 fully saturated rings. The molecule has 1 aromatic carbocycles. The predicted molar refractivity (Wildman–Crippen MR) is 86.4 cm³/mol. The van der Waals surface area contributed by atoms with Crippen molar-refractivity contribution in [3.8, 4) is 0 Å². The van der Waals surface area contributed by atoms with E-state index >= 15 is 0 Å². The number of fused-ring (bicyclic) bond motifs is 1. The molecule has 1 aliphatic rings. The van der Waals surface area contributed by atoms with Gasteiger partial charge in [-0.05, 0) is 24.5 Å². The number of amides is 2. The first-order chi connectivity index (χ1) is 10.5. The largest absolute Gasteiger partial charge is 0.347 e. The van der Waals surface area contributed by atoms with Gasteiger partial charge in [-0.1, -0.05) is 19.1 Å². The van der Waals surface area contributed by atoms with E-state index in [2.05, 4.69) is 10.3 Å². The van der Waals surface area contributed by atoms with E-state index in [0.717, 1.165) is 21.6 Å². The minimum Gasteiger partial charge on any atom is -0.347 e. The summed E-state index contributed by atoms with van der Waals surface area (Å²) in [4.78, 5) is 29.9. The molecule has 0 bridgehead atoms. The van der Waals surface area contributed by atoms with Crippen LogP contribution in [0.2, 0.25) is 0 Å². The lowest BCUT2D eigenvalue weighted by Crippen LogP contribution is -2.38. The number of nitrogens with zero attached hydrogens (tertiary/aromatic N) is 2. The number of hydrogen-bond acceptors (Lipinski definition) is 4. The molecule has 2 atom stereocenters. The van der Waals surface area contributed by atoms with Gasteiger partial charge in [-0.15, -0.1) is 11.3 Å². The monoisotopic (exact) mass is 317 g/mol. The molecule has 0 radical (unpaired) electrons. The maximum absolute atomic E-state index is 12.1. The van der Waals surface area contributed by atoms with Crippen molar-refractivity contribution < 1.29 is 9.59 Å². The van der Waals surface area contributed by atoms with E-state index in [-0.39, 0.29) is 24.3 Å². The van der Waals surface area contributed by atoms with Gasteiger partial charge >= 0.3 is 0 Å². The van der Waals surface area contributed by atoms with Crippen LogP contribution in [0.1, 0.15) is 18.4 Å². The Morgan fingerprint density at radius 3 is 2.82 bits per heavy atom. The highest BCUT2D eigenvalue weighted by atomic mass is 32.1. The zero-order chi connectivity index (χ0) is 15.7. The summed E-state index contributed by atoms with van der Waals surface area (Å²) < 4.78 is 1.12. The Labute approximate surface area is 133 Å². The van der Waals surface area contributed by atoms with Crippen molar-refractivity contribution in [1.29, 1.82) is 0 Å². The molecule has 1 aliphatic carbocycles. The minimum atomic E-state index is -0.0964. The third-order valence-corrected chi connectivity index (χ3v) is 5.02. The topological polar surface area (TPSA) is 62.3 Å². The molecule has 5 nitrogen and oxygen atoms in total. The smallest absolute Gasteiger partial charge is 0.242 e. The number of benzene rings is 1. The lowest BCUT2D eigenvalue weighted by atomic mass is 10.3. The van der Waals surface area contributed by atoms with E-state index < -0.39 is 0 Å². The quantitative estimate of drug-likeness (QED) is 0.918. The summed E-state index contributed by atoms with van der Waals surface area (Å²) >= 11 is 1.59. The fraction of sp³-hybridized carbons (Fsp3) is 0.438. The van der Waals surface area contributed by atoms with E-state index in [1.54, 1.807) is 23.3 Å². The number of carbonyl (C=O) groups excluding carboxylic acids is 2. The summed E-state index contributed by atoms with van der Waals surface area (Å²) in [6.07, 6.45) is 0.932. The van der Waals surface area contributed by atoms with E-state index in [4.69, 9.17) is 0 Å². The molecule has 22 heavy (non-hydrogen) atoms. The van der Waals surface area contributed by atoms with Crippen molar-refractivity contribution in [3.63, 3.8) is 0 Å². The number of nitrogens with one attached hydrogen (secondary N) is 1. The summed E-state index contributed by atoms with van der Waals surface area (Å²) in [5.74, 6) is 0.452. The molecule has 3 rings (SSSR count). The van der Waals surface area contributed by atoms with Crippen molar-refractivity contribution in [2.24, 2.45) is 11.8 Å². The SMILES string of the molecule is C[C@H]1C[C@@H]1C(=O)NCC(=O)N(C)Cc1nc2ccccc2s1. The van der Waals surface area contributed by atoms with Crippen LogP contribution in [0, 0.1) is 11.8 Å². The zero-order valence-electron chi connectivity index (χ0n) is 12.7. The molecular weight excluding hydrogens is 298 g/mol. The number of thiazole rings is 1. The average Bonchev–Trinajstić information content (AvgIpc) is 3.09. The van der Waals surface area contributed by atoms with Gasteiger partial charge in [0.25, 0.3) is 0 Å². The van der Waals surface area contributed by atoms with Crippen LogP contribution in [0.3, 0.4) is 0 Å². The number of hydrogen-bond donors (Lipinski definition) is 1. The first kappa shape index (κ1) is 15.0. The van der Waals surface area contributed by atoms with E-state index in [1.807, 2.05) is 31.2 Å². The average molecular weight is 317 g/mol. The van der Waals surface area contributed by atoms with Crippen molar-refractivity contribution in [3.05, 3.63) is 29.3 Å². The molecule has 0 unspecified atom stereocenters. The lowest BCUT2D eigenvalue weighted by Gasteiger charge is -2.16. The van der Waals surface area contributed by atoms with E-state index in [1.165, 1.54) is 0 Å². The Hall–Kier alpha value is -1.95. The highest BCUT2D eigenvalue weighted by Gasteiger charge is 2.39. The molecular formula is C16H19N3O2S. The molecule has 1 heterocycles. The standard InChI is InChI=1S/C16H19N3O2S/c1-10-7-11(10)16(21)17-8-15(20)19(2)9-14-18-12-5-3-4-6-13(12)22-14/h3-6,10-11H,7-9H2,1-2H3,(H,17,21)/t10-,11-/m0/s1. The Bertz CT molecular complexity index is 679. The molecule has 0 spiro atoms. The maximum Gasteiger partial charge on any atom is 0.242 e. The zero-order valence-corrected chi connectivity index (χ0v) is 13.5. The minimum absolute atomic E-state index is 0.00534. The van der Waals surface area contributed by atoms with Crippen LogP contribution >= 0.6 is 11.3 Å². The number of carbonyl (C=O) groups is 2. The molecule has 116 valence electrons. The number of aromatic nitrogens is 1.